The van der Waals surface area contributed by atoms with Gasteiger partial charge in [-0.25, -0.2) is 0 Å². The topological polar surface area (TPSA) is 50.8 Å². The second-order valence-electron chi connectivity index (χ2n) is 5.19. The second-order valence-corrected chi connectivity index (χ2v) is 5.19. The predicted molar refractivity (Wildman–Crippen MR) is 81.9 cm³/mol. The maximum absolute atomic E-state index is 12.4. The Morgan fingerprint density at radius 3 is 2.90 bits per heavy atom. The molecule has 0 spiro atoms. The molecule has 1 atom stereocenters. The number of carbonyl (C=O) groups excluding carboxylic acids is 1. The van der Waals surface area contributed by atoms with E-state index < -0.39 is 0 Å². The maximum Gasteiger partial charge on any atom is 0.239 e. The summed E-state index contributed by atoms with van der Waals surface area (Å²) >= 11 is 0. The minimum Gasteiger partial charge on any atom is -0.454 e. The fourth-order valence-electron chi connectivity index (χ4n) is 2.72. The van der Waals surface area contributed by atoms with Crippen LogP contribution in [0.2, 0.25) is 0 Å². The van der Waals surface area contributed by atoms with Gasteiger partial charge in [-0.2, -0.15) is 0 Å². The summed E-state index contributed by atoms with van der Waals surface area (Å²) in [5, 5.41) is 3.26. The van der Waals surface area contributed by atoms with E-state index in [-0.39, 0.29) is 31.1 Å². The highest BCUT2D eigenvalue weighted by molar-refractivity contribution is 5.85. The van der Waals surface area contributed by atoms with E-state index in [9.17, 15) is 4.79 Å². The summed E-state index contributed by atoms with van der Waals surface area (Å²) in [6.45, 7) is 4.56. The van der Waals surface area contributed by atoms with Crippen LogP contribution >= 0.6 is 12.4 Å². The Bertz CT molecular complexity index is 504. The van der Waals surface area contributed by atoms with Crippen molar-refractivity contribution in [3.05, 3.63) is 23.8 Å². The lowest BCUT2D eigenvalue weighted by Gasteiger charge is -2.24. The number of likely N-dealkylation sites (N-methyl/N-ethyl adjacent to an activating group) is 1. The van der Waals surface area contributed by atoms with Gasteiger partial charge in [0.05, 0.1) is 6.04 Å². The maximum atomic E-state index is 12.4. The summed E-state index contributed by atoms with van der Waals surface area (Å²) in [5.74, 6) is 1.74. The molecule has 2 aliphatic rings. The number of hydrogen-bond donors (Lipinski definition) is 1. The van der Waals surface area contributed by atoms with E-state index in [1.165, 1.54) is 0 Å². The Labute approximate surface area is 131 Å². The first kappa shape index (κ1) is 15.9. The van der Waals surface area contributed by atoms with Crippen molar-refractivity contribution in [2.75, 3.05) is 19.9 Å². The zero-order valence-electron chi connectivity index (χ0n) is 12.1. The molecule has 1 unspecified atom stereocenters. The number of amides is 1. The van der Waals surface area contributed by atoms with Crippen molar-refractivity contribution < 1.29 is 14.3 Å². The Morgan fingerprint density at radius 2 is 2.19 bits per heavy atom. The van der Waals surface area contributed by atoms with E-state index in [0.29, 0.717) is 13.1 Å². The third-order valence-corrected chi connectivity index (χ3v) is 3.86. The number of fused-ring (bicyclic) bond motifs is 1. The van der Waals surface area contributed by atoms with Crippen molar-refractivity contribution in [3.63, 3.8) is 0 Å². The van der Waals surface area contributed by atoms with Crippen molar-refractivity contribution in [3.8, 4) is 11.5 Å². The van der Waals surface area contributed by atoms with Crippen LogP contribution in [0.3, 0.4) is 0 Å². The largest absolute Gasteiger partial charge is 0.454 e. The number of nitrogens with zero attached hydrogens (tertiary/aromatic N) is 1. The molecule has 1 N–H and O–H groups in total. The predicted octanol–water partition coefficient (Wildman–Crippen LogP) is 1.94. The zero-order valence-corrected chi connectivity index (χ0v) is 12.9. The van der Waals surface area contributed by atoms with E-state index in [0.717, 1.165) is 36.4 Å². The molecule has 0 bridgehead atoms. The van der Waals surface area contributed by atoms with E-state index in [1.807, 2.05) is 30.0 Å². The first-order valence-electron chi connectivity index (χ1n) is 7.18. The Hall–Kier alpha value is -1.46. The molecule has 5 nitrogen and oxygen atoms in total. The molecule has 1 saturated heterocycles. The molecule has 0 saturated carbocycles. The van der Waals surface area contributed by atoms with Crippen molar-refractivity contribution in [2.24, 2.45) is 0 Å². The lowest BCUT2D eigenvalue weighted by molar-refractivity contribution is -0.133. The molecule has 6 heteroatoms. The number of benzene rings is 1. The fraction of sp³-hybridized carbons (Fsp3) is 0.533. The van der Waals surface area contributed by atoms with Crippen molar-refractivity contribution in [2.45, 2.75) is 32.4 Å². The van der Waals surface area contributed by atoms with Gasteiger partial charge in [0.1, 0.15) is 0 Å². The minimum absolute atomic E-state index is 0. The number of nitrogens with one attached hydrogen (secondary N) is 1. The summed E-state index contributed by atoms with van der Waals surface area (Å²) in [6, 6.07) is 5.85. The summed E-state index contributed by atoms with van der Waals surface area (Å²) in [6.07, 6.45) is 2.02. The summed E-state index contributed by atoms with van der Waals surface area (Å²) in [7, 11) is 0. The molecule has 21 heavy (non-hydrogen) atoms. The van der Waals surface area contributed by atoms with E-state index >= 15 is 0 Å². The van der Waals surface area contributed by atoms with Gasteiger partial charge in [0.25, 0.3) is 0 Å². The van der Waals surface area contributed by atoms with Crippen LogP contribution in [0.1, 0.15) is 25.3 Å². The van der Waals surface area contributed by atoms with Gasteiger partial charge in [0.15, 0.2) is 11.5 Å². The number of rotatable bonds is 4. The molecule has 1 aromatic rings. The van der Waals surface area contributed by atoms with Gasteiger partial charge in [-0.1, -0.05) is 6.07 Å². The van der Waals surface area contributed by atoms with E-state index in [4.69, 9.17) is 9.47 Å². The van der Waals surface area contributed by atoms with Crippen LogP contribution in [0.4, 0.5) is 0 Å². The van der Waals surface area contributed by atoms with Crippen LogP contribution in [0.25, 0.3) is 0 Å². The highest BCUT2D eigenvalue weighted by atomic mass is 35.5. The van der Waals surface area contributed by atoms with Gasteiger partial charge in [-0.15, -0.1) is 12.4 Å². The molecule has 1 aromatic carbocycles. The Kier molecular flexibility index (Phi) is 5.31. The van der Waals surface area contributed by atoms with Crippen LogP contribution in [0, 0.1) is 0 Å². The molecule has 0 radical (unpaired) electrons. The van der Waals surface area contributed by atoms with Crippen molar-refractivity contribution >= 4 is 18.3 Å². The van der Waals surface area contributed by atoms with Gasteiger partial charge < -0.3 is 19.7 Å². The van der Waals surface area contributed by atoms with Crippen molar-refractivity contribution in [1.82, 2.24) is 10.2 Å². The molecule has 2 heterocycles. The normalized spacial score (nSPS) is 19.2. The number of halogens is 1. The second kappa shape index (κ2) is 7.00. The quantitative estimate of drug-likeness (QED) is 0.923. The third kappa shape index (κ3) is 3.41. The lowest BCUT2D eigenvalue weighted by Crippen LogP contribution is -2.43. The molecule has 0 aromatic heterocycles. The van der Waals surface area contributed by atoms with Crippen LogP contribution in [0.15, 0.2) is 18.2 Å². The monoisotopic (exact) mass is 312 g/mol. The molecule has 2 aliphatic heterocycles. The summed E-state index contributed by atoms with van der Waals surface area (Å²) in [4.78, 5) is 14.3. The van der Waals surface area contributed by atoms with E-state index in [1.54, 1.807) is 0 Å². The van der Waals surface area contributed by atoms with Crippen LogP contribution in [-0.2, 0) is 11.3 Å². The van der Waals surface area contributed by atoms with Crippen molar-refractivity contribution in [1.29, 1.82) is 0 Å². The third-order valence-electron chi connectivity index (χ3n) is 3.86. The van der Waals surface area contributed by atoms with Crippen LogP contribution < -0.4 is 14.8 Å². The average Bonchev–Trinajstić information content (AvgIpc) is 3.14. The molecular formula is C15H21ClN2O3. The highest BCUT2D eigenvalue weighted by Gasteiger charge is 2.26. The minimum atomic E-state index is -0.0102. The van der Waals surface area contributed by atoms with Crippen LogP contribution in [-0.4, -0.2) is 36.7 Å². The SMILES string of the molecule is CCN(Cc1ccc2c(c1)OCO2)C(=O)C1CCCN1.Cl. The van der Waals surface area contributed by atoms with Gasteiger partial charge in [0.2, 0.25) is 12.7 Å². The van der Waals surface area contributed by atoms with Gasteiger partial charge in [-0.05, 0) is 44.0 Å². The summed E-state index contributed by atoms with van der Waals surface area (Å²) in [5.41, 5.74) is 1.07. The van der Waals surface area contributed by atoms with E-state index in [2.05, 4.69) is 5.32 Å². The highest BCUT2D eigenvalue weighted by Crippen LogP contribution is 2.32. The fourth-order valence-corrected chi connectivity index (χ4v) is 2.72. The number of ether oxygens (including phenoxy) is 2. The molecule has 3 rings (SSSR count). The van der Waals surface area contributed by atoms with Crippen LogP contribution in [0.5, 0.6) is 11.5 Å². The lowest BCUT2D eigenvalue weighted by atomic mass is 10.1. The standard InChI is InChI=1S/C15H20N2O3.ClH/c1-2-17(15(18)12-4-3-7-16-12)9-11-5-6-13-14(8-11)20-10-19-13;/h5-6,8,12,16H,2-4,7,9-10H2,1H3;1H. The molecule has 1 fully saturated rings. The molecule has 1 amide bonds. The Morgan fingerprint density at radius 1 is 1.38 bits per heavy atom. The molecule has 0 aliphatic carbocycles. The Balaban J connectivity index is 0.00000161. The smallest absolute Gasteiger partial charge is 0.239 e. The van der Waals surface area contributed by atoms with Gasteiger partial charge in [-0.3, -0.25) is 4.79 Å². The number of hydrogen-bond acceptors (Lipinski definition) is 4. The first-order chi connectivity index (χ1) is 9.78. The average molecular weight is 313 g/mol. The van der Waals surface area contributed by atoms with Gasteiger partial charge >= 0.3 is 0 Å². The number of carbonyl (C=O) groups is 1. The van der Waals surface area contributed by atoms with Gasteiger partial charge in [0, 0.05) is 13.1 Å². The molecular weight excluding hydrogens is 292 g/mol. The summed E-state index contributed by atoms with van der Waals surface area (Å²) < 4.78 is 10.7. The molecule has 116 valence electrons. The zero-order chi connectivity index (χ0) is 13.9. The first-order valence-corrected chi connectivity index (χ1v) is 7.18.